The Balaban J connectivity index is 1.55. The van der Waals surface area contributed by atoms with Gasteiger partial charge in [-0.25, -0.2) is 0 Å². The number of piperazine rings is 1. The van der Waals surface area contributed by atoms with Gasteiger partial charge in [-0.2, -0.15) is 0 Å². The molecule has 0 amide bonds. The summed E-state index contributed by atoms with van der Waals surface area (Å²) in [6, 6.07) is 0. The van der Waals surface area contributed by atoms with E-state index in [0.717, 1.165) is 18.9 Å². The lowest BCUT2D eigenvalue weighted by Gasteiger charge is -2.34. The maximum Gasteiger partial charge on any atom is 0.139 e. The van der Waals surface area contributed by atoms with E-state index < -0.39 is 0 Å². The first-order valence-corrected chi connectivity index (χ1v) is 6.69. The molecule has 5 nitrogen and oxygen atoms in total. The van der Waals surface area contributed by atoms with Crippen LogP contribution in [0, 0.1) is 5.92 Å². The van der Waals surface area contributed by atoms with E-state index in [4.69, 9.17) is 10.9 Å². The van der Waals surface area contributed by atoms with Crippen LogP contribution in [0.5, 0.6) is 0 Å². The first kappa shape index (κ1) is 12.6. The van der Waals surface area contributed by atoms with Crippen molar-refractivity contribution in [3.8, 4) is 0 Å². The van der Waals surface area contributed by atoms with Crippen LogP contribution in [0.3, 0.4) is 0 Å². The van der Waals surface area contributed by atoms with Gasteiger partial charge in [0.05, 0.1) is 0 Å². The van der Waals surface area contributed by atoms with E-state index >= 15 is 0 Å². The SMILES string of the molecule is N/C(CCCN1CCN(CC2CC2)CC1)=N\O. The standard InChI is InChI=1S/C12H24N4O/c13-12(14-17)2-1-5-15-6-8-16(9-7-15)10-11-3-4-11/h11,17H,1-10H2,(H2,13,14). The molecule has 1 aliphatic heterocycles. The summed E-state index contributed by atoms with van der Waals surface area (Å²) in [7, 11) is 0. The van der Waals surface area contributed by atoms with E-state index in [9.17, 15) is 0 Å². The molecule has 17 heavy (non-hydrogen) atoms. The molecule has 2 aliphatic rings. The maximum atomic E-state index is 8.44. The zero-order valence-electron chi connectivity index (χ0n) is 10.5. The van der Waals surface area contributed by atoms with Crippen LogP contribution in [0.2, 0.25) is 0 Å². The van der Waals surface area contributed by atoms with Gasteiger partial charge in [-0.05, 0) is 31.7 Å². The summed E-state index contributed by atoms with van der Waals surface area (Å²) in [5.74, 6) is 1.35. The highest BCUT2D eigenvalue weighted by atomic mass is 16.4. The minimum Gasteiger partial charge on any atom is -0.409 e. The van der Waals surface area contributed by atoms with E-state index in [1.165, 1.54) is 45.6 Å². The number of hydrogen-bond acceptors (Lipinski definition) is 4. The molecule has 1 saturated carbocycles. The number of rotatable bonds is 6. The van der Waals surface area contributed by atoms with Crippen molar-refractivity contribution in [2.45, 2.75) is 25.7 Å². The van der Waals surface area contributed by atoms with Crippen LogP contribution in [0.1, 0.15) is 25.7 Å². The lowest BCUT2D eigenvalue weighted by molar-refractivity contribution is 0.128. The summed E-state index contributed by atoms with van der Waals surface area (Å²) in [5, 5.41) is 11.4. The van der Waals surface area contributed by atoms with Gasteiger partial charge in [0.15, 0.2) is 0 Å². The van der Waals surface area contributed by atoms with E-state index in [1.807, 2.05) is 0 Å². The van der Waals surface area contributed by atoms with Crippen molar-refractivity contribution in [3.05, 3.63) is 0 Å². The molecule has 0 spiro atoms. The molecule has 0 bridgehead atoms. The Bertz CT molecular complexity index is 257. The van der Waals surface area contributed by atoms with Crippen LogP contribution < -0.4 is 5.73 Å². The topological polar surface area (TPSA) is 65.1 Å². The Morgan fingerprint density at radius 3 is 2.41 bits per heavy atom. The second-order valence-electron chi connectivity index (χ2n) is 5.28. The molecule has 0 radical (unpaired) electrons. The van der Waals surface area contributed by atoms with Crippen LogP contribution in [0.25, 0.3) is 0 Å². The van der Waals surface area contributed by atoms with E-state index in [2.05, 4.69) is 15.0 Å². The molecule has 0 atom stereocenters. The van der Waals surface area contributed by atoms with Crippen LogP contribution in [0.4, 0.5) is 0 Å². The van der Waals surface area contributed by atoms with Crippen molar-refractivity contribution in [2.75, 3.05) is 39.3 Å². The number of oxime groups is 1. The van der Waals surface area contributed by atoms with Gasteiger partial charge in [0.2, 0.25) is 0 Å². The highest BCUT2D eigenvalue weighted by Crippen LogP contribution is 2.29. The van der Waals surface area contributed by atoms with Gasteiger partial charge in [0.25, 0.3) is 0 Å². The van der Waals surface area contributed by atoms with Crippen LogP contribution in [0.15, 0.2) is 5.16 Å². The van der Waals surface area contributed by atoms with Crippen LogP contribution in [-0.2, 0) is 0 Å². The van der Waals surface area contributed by atoms with Crippen molar-refractivity contribution in [2.24, 2.45) is 16.8 Å². The van der Waals surface area contributed by atoms with Gasteiger partial charge in [0, 0.05) is 39.1 Å². The van der Waals surface area contributed by atoms with Crippen LogP contribution in [-0.4, -0.2) is 60.1 Å². The average molecular weight is 240 g/mol. The zero-order chi connectivity index (χ0) is 12.1. The van der Waals surface area contributed by atoms with E-state index in [1.54, 1.807) is 0 Å². The van der Waals surface area contributed by atoms with Crippen molar-refractivity contribution >= 4 is 5.84 Å². The Hall–Kier alpha value is -0.810. The quantitative estimate of drug-likeness (QED) is 0.308. The fourth-order valence-corrected chi connectivity index (χ4v) is 2.39. The summed E-state index contributed by atoms with van der Waals surface area (Å²) >= 11 is 0. The summed E-state index contributed by atoms with van der Waals surface area (Å²) in [5.41, 5.74) is 5.45. The fourth-order valence-electron chi connectivity index (χ4n) is 2.39. The molecule has 0 aromatic carbocycles. The lowest BCUT2D eigenvalue weighted by atomic mass is 10.2. The predicted molar refractivity (Wildman–Crippen MR) is 68.2 cm³/mol. The van der Waals surface area contributed by atoms with Gasteiger partial charge in [-0.1, -0.05) is 5.16 Å². The van der Waals surface area contributed by atoms with Crippen molar-refractivity contribution in [1.82, 2.24) is 9.80 Å². The fraction of sp³-hybridized carbons (Fsp3) is 0.917. The average Bonchev–Trinajstić information content (AvgIpc) is 3.15. The molecule has 98 valence electrons. The number of nitrogens with zero attached hydrogens (tertiary/aromatic N) is 3. The maximum absolute atomic E-state index is 8.44. The third kappa shape index (κ3) is 4.52. The smallest absolute Gasteiger partial charge is 0.139 e. The lowest BCUT2D eigenvalue weighted by Crippen LogP contribution is -2.47. The minimum absolute atomic E-state index is 0.345. The third-order valence-electron chi connectivity index (χ3n) is 3.71. The monoisotopic (exact) mass is 240 g/mol. The summed E-state index contributed by atoms with van der Waals surface area (Å²) in [6.07, 6.45) is 4.57. The predicted octanol–water partition coefficient (Wildman–Crippen LogP) is 0.541. The molecule has 0 aromatic heterocycles. The molecular weight excluding hydrogens is 216 g/mol. The van der Waals surface area contributed by atoms with Gasteiger partial charge in [-0.3, -0.25) is 0 Å². The molecule has 3 N–H and O–H groups in total. The number of nitrogens with two attached hydrogens (primary N) is 1. The first-order valence-electron chi connectivity index (χ1n) is 6.69. The number of hydrogen-bond donors (Lipinski definition) is 2. The largest absolute Gasteiger partial charge is 0.409 e. The van der Waals surface area contributed by atoms with Gasteiger partial charge in [-0.15, -0.1) is 0 Å². The molecule has 1 heterocycles. The molecule has 0 unspecified atom stereocenters. The number of amidine groups is 1. The first-order chi connectivity index (χ1) is 8.28. The molecule has 0 aromatic rings. The third-order valence-corrected chi connectivity index (χ3v) is 3.71. The Kier molecular flexibility index (Phi) is 4.62. The minimum atomic E-state index is 0.345. The van der Waals surface area contributed by atoms with Crippen molar-refractivity contribution in [3.63, 3.8) is 0 Å². The second-order valence-corrected chi connectivity index (χ2v) is 5.28. The Labute approximate surface area is 103 Å². The summed E-state index contributed by atoms with van der Waals surface area (Å²) < 4.78 is 0. The molecule has 2 rings (SSSR count). The molecular formula is C12H24N4O. The van der Waals surface area contributed by atoms with Gasteiger partial charge in [0.1, 0.15) is 5.84 Å². The summed E-state index contributed by atoms with van der Waals surface area (Å²) in [6.45, 7) is 7.14. The van der Waals surface area contributed by atoms with E-state index in [0.29, 0.717) is 12.3 Å². The second kappa shape index (κ2) is 6.21. The van der Waals surface area contributed by atoms with Crippen molar-refractivity contribution < 1.29 is 5.21 Å². The van der Waals surface area contributed by atoms with Crippen molar-refractivity contribution in [1.29, 1.82) is 0 Å². The van der Waals surface area contributed by atoms with Gasteiger partial charge < -0.3 is 20.7 Å². The Morgan fingerprint density at radius 1 is 1.18 bits per heavy atom. The molecule has 2 fully saturated rings. The van der Waals surface area contributed by atoms with Gasteiger partial charge >= 0.3 is 0 Å². The highest BCUT2D eigenvalue weighted by Gasteiger charge is 2.26. The summed E-state index contributed by atoms with van der Waals surface area (Å²) in [4.78, 5) is 5.08. The zero-order valence-corrected chi connectivity index (χ0v) is 10.5. The molecule has 1 saturated heterocycles. The molecule has 5 heteroatoms. The normalized spacial score (nSPS) is 24.1. The van der Waals surface area contributed by atoms with Crippen LogP contribution >= 0.6 is 0 Å². The Morgan fingerprint density at radius 2 is 1.82 bits per heavy atom. The molecule has 1 aliphatic carbocycles. The highest BCUT2D eigenvalue weighted by molar-refractivity contribution is 5.79. The van der Waals surface area contributed by atoms with E-state index in [-0.39, 0.29) is 0 Å².